The average molecular weight is 499 g/mol. The summed E-state index contributed by atoms with van der Waals surface area (Å²) in [6.45, 7) is 4.28. The predicted molar refractivity (Wildman–Crippen MR) is 145 cm³/mol. The number of nitrogens with one attached hydrogen (secondary N) is 1. The van der Waals surface area contributed by atoms with E-state index < -0.39 is 11.2 Å². The zero-order chi connectivity index (χ0) is 26.4. The largest absolute Gasteiger partial charge is 0.493 e. The summed E-state index contributed by atoms with van der Waals surface area (Å²) in [5.74, 6) is 0.313. The summed E-state index contributed by atoms with van der Waals surface area (Å²) in [4.78, 5) is 42.9. The van der Waals surface area contributed by atoms with Crippen molar-refractivity contribution in [1.82, 2.24) is 9.55 Å². The Bertz CT molecular complexity index is 1470. The van der Waals surface area contributed by atoms with Gasteiger partial charge in [-0.2, -0.15) is 0 Å². The number of rotatable bonds is 9. The highest BCUT2D eigenvalue weighted by Gasteiger charge is 2.25. The van der Waals surface area contributed by atoms with Crippen LogP contribution in [0.5, 0.6) is 5.75 Å². The second-order valence-corrected chi connectivity index (χ2v) is 8.85. The quantitative estimate of drug-likeness (QED) is 0.365. The molecule has 0 spiro atoms. The third-order valence-corrected chi connectivity index (χ3v) is 6.12. The number of carbonyl (C=O) groups excluding carboxylic acids is 1. The number of para-hydroxylation sites is 1. The van der Waals surface area contributed by atoms with Crippen molar-refractivity contribution in [1.29, 1.82) is 0 Å². The molecule has 3 N–H and O–H groups in total. The van der Waals surface area contributed by atoms with E-state index in [2.05, 4.69) is 4.98 Å². The van der Waals surface area contributed by atoms with Gasteiger partial charge in [0.15, 0.2) is 5.69 Å². The lowest BCUT2D eigenvalue weighted by molar-refractivity contribution is -0.119. The molecule has 190 valence electrons. The molecule has 0 aliphatic rings. The minimum Gasteiger partial charge on any atom is -0.493 e. The van der Waals surface area contributed by atoms with Gasteiger partial charge in [-0.05, 0) is 36.1 Å². The second kappa shape index (κ2) is 11.4. The number of nitrogens with zero attached hydrogens (tertiary/aromatic N) is 2. The van der Waals surface area contributed by atoms with Crippen molar-refractivity contribution in [3.8, 4) is 5.75 Å². The van der Waals surface area contributed by atoms with Crippen LogP contribution in [0, 0.1) is 13.8 Å². The normalized spacial score (nSPS) is 10.8. The third-order valence-electron chi connectivity index (χ3n) is 6.12. The number of hydrogen-bond acceptors (Lipinski definition) is 5. The Morgan fingerprint density at radius 3 is 2.11 bits per heavy atom. The summed E-state index contributed by atoms with van der Waals surface area (Å²) >= 11 is 0. The summed E-state index contributed by atoms with van der Waals surface area (Å²) in [6, 6.07) is 24.4. The van der Waals surface area contributed by atoms with Crippen molar-refractivity contribution in [3.63, 3.8) is 0 Å². The molecule has 8 nitrogen and oxygen atoms in total. The molecule has 37 heavy (non-hydrogen) atoms. The molecule has 0 saturated heterocycles. The van der Waals surface area contributed by atoms with E-state index >= 15 is 0 Å². The first kappa shape index (κ1) is 25.5. The Balaban J connectivity index is 1.66. The van der Waals surface area contributed by atoms with E-state index in [-0.39, 0.29) is 43.5 Å². The molecule has 0 unspecified atom stereocenters. The van der Waals surface area contributed by atoms with E-state index in [1.807, 2.05) is 92.7 Å². The van der Waals surface area contributed by atoms with Gasteiger partial charge < -0.3 is 10.5 Å². The third kappa shape index (κ3) is 5.98. The van der Waals surface area contributed by atoms with Crippen LogP contribution < -0.4 is 26.6 Å². The zero-order valence-electron chi connectivity index (χ0n) is 20.9. The molecule has 0 fully saturated rings. The number of amides is 1. The first-order valence-corrected chi connectivity index (χ1v) is 12.0. The maximum Gasteiger partial charge on any atom is 0.330 e. The Labute approximate surface area is 215 Å². The summed E-state index contributed by atoms with van der Waals surface area (Å²) in [6.07, 6.45) is 0.0112. The van der Waals surface area contributed by atoms with Crippen LogP contribution in [0.4, 0.5) is 11.5 Å². The predicted octanol–water partition coefficient (Wildman–Crippen LogP) is 3.79. The maximum atomic E-state index is 13.5. The highest BCUT2D eigenvalue weighted by molar-refractivity contribution is 5.95. The van der Waals surface area contributed by atoms with Gasteiger partial charge in [-0.25, -0.2) is 4.79 Å². The summed E-state index contributed by atoms with van der Waals surface area (Å²) < 4.78 is 7.21. The molecular weight excluding hydrogens is 468 g/mol. The number of nitrogens with two attached hydrogens (primary N) is 1. The van der Waals surface area contributed by atoms with E-state index in [0.29, 0.717) is 0 Å². The minimum atomic E-state index is -0.716. The lowest BCUT2D eigenvalue weighted by atomic mass is 10.1. The van der Waals surface area contributed by atoms with E-state index in [0.717, 1.165) is 28.0 Å². The number of carbonyl (C=O) groups is 1. The SMILES string of the molecule is Cc1cccc(C)c1OCCC(=O)N(Cc1ccccc1)c1c(N)n(Cc2ccccc2)c(=O)[nH]c1=O. The van der Waals surface area contributed by atoms with Gasteiger partial charge in [0.25, 0.3) is 5.56 Å². The molecule has 0 aliphatic heterocycles. The number of nitrogen functional groups attached to an aromatic ring is 1. The number of ether oxygens (including phenoxy) is 1. The second-order valence-electron chi connectivity index (χ2n) is 8.85. The van der Waals surface area contributed by atoms with Crippen LogP contribution in [0.25, 0.3) is 0 Å². The van der Waals surface area contributed by atoms with Gasteiger partial charge in [0.1, 0.15) is 11.6 Å². The molecular formula is C29H30N4O4. The standard InChI is InChI=1S/C29H30N4O4/c1-20-10-9-11-21(2)26(20)37-17-16-24(34)32(18-22-12-5-3-6-13-22)25-27(30)33(29(36)31-28(25)35)19-23-14-7-4-8-15-23/h3-15H,16-19,30H2,1-2H3,(H,31,35,36). The van der Waals surface area contributed by atoms with Crippen LogP contribution in [-0.2, 0) is 17.9 Å². The fourth-order valence-corrected chi connectivity index (χ4v) is 4.22. The summed E-state index contributed by atoms with van der Waals surface area (Å²) in [5, 5.41) is 0. The minimum absolute atomic E-state index is 0.0112. The molecule has 0 radical (unpaired) electrons. The maximum absolute atomic E-state index is 13.5. The molecule has 1 heterocycles. The van der Waals surface area contributed by atoms with Crippen LogP contribution in [-0.4, -0.2) is 22.1 Å². The van der Waals surface area contributed by atoms with Crippen molar-refractivity contribution < 1.29 is 9.53 Å². The number of aryl methyl sites for hydroxylation is 2. The first-order chi connectivity index (χ1) is 17.8. The van der Waals surface area contributed by atoms with Gasteiger partial charge in [-0.15, -0.1) is 0 Å². The fourth-order valence-electron chi connectivity index (χ4n) is 4.22. The molecule has 3 aromatic carbocycles. The van der Waals surface area contributed by atoms with Gasteiger partial charge in [0, 0.05) is 0 Å². The van der Waals surface area contributed by atoms with Crippen molar-refractivity contribution in [2.45, 2.75) is 33.4 Å². The fraction of sp³-hybridized carbons (Fsp3) is 0.207. The molecule has 8 heteroatoms. The molecule has 1 aromatic heterocycles. The van der Waals surface area contributed by atoms with Crippen LogP contribution in [0.3, 0.4) is 0 Å². The molecule has 1 amide bonds. The monoisotopic (exact) mass is 498 g/mol. The van der Waals surface area contributed by atoms with E-state index in [1.54, 1.807) is 0 Å². The van der Waals surface area contributed by atoms with Gasteiger partial charge in [-0.1, -0.05) is 78.9 Å². The van der Waals surface area contributed by atoms with Crippen LogP contribution in [0.15, 0.2) is 88.5 Å². The van der Waals surface area contributed by atoms with E-state index in [1.165, 1.54) is 9.47 Å². The van der Waals surface area contributed by atoms with Crippen LogP contribution >= 0.6 is 0 Å². The van der Waals surface area contributed by atoms with Gasteiger partial charge in [0.2, 0.25) is 5.91 Å². The van der Waals surface area contributed by atoms with Crippen molar-refractivity contribution >= 4 is 17.4 Å². The number of H-pyrrole nitrogens is 1. The number of aromatic nitrogens is 2. The molecule has 4 aromatic rings. The molecule has 0 bridgehead atoms. The van der Waals surface area contributed by atoms with Crippen LogP contribution in [0.1, 0.15) is 28.7 Å². The van der Waals surface area contributed by atoms with Crippen molar-refractivity contribution in [3.05, 3.63) is 122 Å². The Morgan fingerprint density at radius 1 is 0.892 bits per heavy atom. The topological polar surface area (TPSA) is 110 Å². The Morgan fingerprint density at radius 2 is 1.49 bits per heavy atom. The number of benzene rings is 3. The van der Waals surface area contributed by atoms with Crippen LogP contribution in [0.2, 0.25) is 0 Å². The van der Waals surface area contributed by atoms with E-state index in [9.17, 15) is 14.4 Å². The lowest BCUT2D eigenvalue weighted by Crippen LogP contribution is -2.41. The molecule has 0 aliphatic carbocycles. The van der Waals surface area contributed by atoms with Gasteiger partial charge >= 0.3 is 5.69 Å². The summed E-state index contributed by atoms with van der Waals surface area (Å²) in [7, 11) is 0. The Kier molecular flexibility index (Phi) is 7.88. The highest BCUT2D eigenvalue weighted by atomic mass is 16.5. The average Bonchev–Trinajstić information content (AvgIpc) is 2.88. The molecule has 4 rings (SSSR count). The molecule has 0 saturated carbocycles. The Hall–Kier alpha value is -4.59. The number of anilines is 2. The molecule has 0 atom stereocenters. The van der Waals surface area contributed by atoms with E-state index in [4.69, 9.17) is 10.5 Å². The smallest absolute Gasteiger partial charge is 0.330 e. The highest BCUT2D eigenvalue weighted by Crippen LogP contribution is 2.24. The van der Waals surface area contributed by atoms with Crippen molar-refractivity contribution in [2.75, 3.05) is 17.2 Å². The number of hydrogen-bond donors (Lipinski definition) is 2. The number of aromatic amines is 1. The van der Waals surface area contributed by atoms with Gasteiger partial charge in [-0.3, -0.25) is 24.0 Å². The lowest BCUT2D eigenvalue weighted by Gasteiger charge is -2.25. The zero-order valence-corrected chi connectivity index (χ0v) is 20.9. The first-order valence-electron chi connectivity index (χ1n) is 12.0. The summed E-state index contributed by atoms with van der Waals surface area (Å²) in [5.41, 5.74) is 8.58. The van der Waals surface area contributed by atoms with Gasteiger partial charge in [0.05, 0.1) is 26.1 Å². The van der Waals surface area contributed by atoms with Crippen molar-refractivity contribution in [2.24, 2.45) is 0 Å².